The molecule has 0 aliphatic carbocycles. The molecule has 0 heterocycles. The van der Waals surface area contributed by atoms with Gasteiger partial charge in [-0.25, -0.2) is 4.89 Å². The van der Waals surface area contributed by atoms with E-state index < -0.39 is 8.32 Å². The van der Waals surface area contributed by atoms with Gasteiger partial charge in [-0.3, -0.25) is 4.58 Å². The summed E-state index contributed by atoms with van der Waals surface area (Å²) in [6.45, 7) is 11.1. The number of hydrogen-bond acceptors (Lipinski definition) is 2. The summed E-state index contributed by atoms with van der Waals surface area (Å²) in [7, 11) is -1.57. The zero-order chi connectivity index (χ0) is 14.6. The van der Waals surface area contributed by atoms with E-state index in [9.17, 15) is 0 Å². The molecule has 0 radical (unpaired) electrons. The summed E-state index contributed by atoms with van der Waals surface area (Å²) in [5.41, 5.74) is 0. The molecule has 0 spiro atoms. The van der Waals surface area contributed by atoms with Crippen molar-refractivity contribution in [3.8, 4) is 0 Å². The third-order valence-electron chi connectivity index (χ3n) is 4.29. The van der Waals surface area contributed by atoms with E-state index >= 15 is 0 Å². The topological polar surface area (TPSA) is 18.5 Å². The first-order valence-electron chi connectivity index (χ1n) is 8.48. The van der Waals surface area contributed by atoms with E-state index in [1.807, 2.05) is 0 Å². The zero-order valence-corrected chi connectivity index (χ0v) is 15.0. The molecule has 0 saturated carbocycles. The molecule has 0 aromatic rings. The van der Waals surface area contributed by atoms with Gasteiger partial charge in [-0.05, 0) is 31.5 Å². The molecule has 0 N–H and O–H groups in total. The Balaban J connectivity index is 3.65. The average Bonchev–Trinajstić information content (AvgIpc) is 2.45. The highest BCUT2D eigenvalue weighted by molar-refractivity contribution is 6.73. The van der Waals surface area contributed by atoms with Gasteiger partial charge in [0.15, 0.2) is 0 Å². The van der Waals surface area contributed by atoms with Gasteiger partial charge >= 0.3 is 0 Å². The van der Waals surface area contributed by atoms with Gasteiger partial charge in [0.05, 0.1) is 6.10 Å². The van der Waals surface area contributed by atoms with E-state index in [1.165, 1.54) is 38.5 Å². The Morgan fingerprint density at radius 1 is 0.789 bits per heavy atom. The third-order valence-corrected chi connectivity index (χ3v) is 8.60. The minimum absolute atomic E-state index is 0.253. The summed E-state index contributed by atoms with van der Waals surface area (Å²) in [5, 5.41) is 0. The fourth-order valence-electron chi connectivity index (χ4n) is 2.37. The Morgan fingerprint density at radius 2 is 1.32 bits per heavy atom. The van der Waals surface area contributed by atoms with Crippen molar-refractivity contribution in [2.45, 2.75) is 104 Å². The first kappa shape index (κ1) is 19.1. The molecule has 0 aromatic heterocycles. The van der Waals surface area contributed by atoms with E-state index in [2.05, 4.69) is 34.6 Å². The van der Waals surface area contributed by atoms with Crippen molar-refractivity contribution >= 4 is 8.32 Å². The van der Waals surface area contributed by atoms with Crippen molar-refractivity contribution in [1.29, 1.82) is 0 Å². The molecular formula is C16H36O2Si. The van der Waals surface area contributed by atoms with Crippen LogP contribution in [0, 0.1) is 0 Å². The van der Waals surface area contributed by atoms with E-state index in [-0.39, 0.29) is 6.10 Å². The lowest BCUT2D eigenvalue weighted by Crippen LogP contribution is -2.37. The van der Waals surface area contributed by atoms with Gasteiger partial charge in [0, 0.05) is 0 Å². The molecule has 116 valence electrons. The van der Waals surface area contributed by atoms with Crippen LogP contribution in [0.2, 0.25) is 18.1 Å². The molecule has 0 aliphatic heterocycles. The summed E-state index contributed by atoms with van der Waals surface area (Å²) in [4.78, 5) is 5.67. The number of hydrogen-bond donors (Lipinski definition) is 0. The van der Waals surface area contributed by atoms with Crippen LogP contribution in [0.1, 0.15) is 79.6 Å². The first-order valence-corrected chi connectivity index (χ1v) is 11.0. The molecule has 0 rings (SSSR count). The van der Waals surface area contributed by atoms with Crippen LogP contribution in [0.3, 0.4) is 0 Å². The Morgan fingerprint density at radius 3 is 1.84 bits per heavy atom. The van der Waals surface area contributed by atoms with E-state index in [0.717, 1.165) is 24.6 Å². The maximum absolute atomic E-state index is 5.87. The van der Waals surface area contributed by atoms with Crippen LogP contribution < -0.4 is 0 Å². The Hall–Kier alpha value is 0.137. The maximum Gasteiger partial charge on any atom is 0.238 e. The van der Waals surface area contributed by atoms with Crippen LogP contribution in [0.4, 0.5) is 0 Å². The lowest BCUT2D eigenvalue weighted by molar-refractivity contribution is -0.253. The van der Waals surface area contributed by atoms with Gasteiger partial charge in [-0.1, -0.05) is 66.2 Å². The van der Waals surface area contributed by atoms with Crippen molar-refractivity contribution < 1.29 is 9.46 Å². The van der Waals surface area contributed by atoms with Gasteiger partial charge in [-0.2, -0.15) is 0 Å². The van der Waals surface area contributed by atoms with Gasteiger partial charge in [0.25, 0.3) is 0 Å². The van der Waals surface area contributed by atoms with Gasteiger partial charge in [0.1, 0.15) is 0 Å². The Labute approximate surface area is 122 Å². The van der Waals surface area contributed by atoms with Crippen LogP contribution in [0.5, 0.6) is 0 Å². The highest BCUT2D eigenvalue weighted by Crippen LogP contribution is 2.23. The van der Waals surface area contributed by atoms with E-state index in [1.54, 1.807) is 0 Å². The monoisotopic (exact) mass is 288 g/mol. The quantitative estimate of drug-likeness (QED) is 0.177. The van der Waals surface area contributed by atoms with Crippen LogP contribution in [-0.4, -0.2) is 14.4 Å². The van der Waals surface area contributed by atoms with Crippen LogP contribution in [0.15, 0.2) is 0 Å². The van der Waals surface area contributed by atoms with Crippen molar-refractivity contribution in [2.75, 3.05) is 0 Å². The maximum atomic E-state index is 5.87. The third kappa shape index (κ3) is 8.82. The first-order chi connectivity index (χ1) is 9.14. The van der Waals surface area contributed by atoms with E-state index in [4.69, 9.17) is 9.46 Å². The summed E-state index contributed by atoms with van der Waals surface area (Å²) < 4.78 is 5.87. The minimum Gasteiger partial charge on any atom is -0.286 e. The molecule has 19 heavy (non-hydrogen) atoms. The molecule has 0 amide bonds. The fraction of sp³-hybridized carbons (Fsp3) is 1.00. The number of unbranched alkanes of at least 4 members (excludes halogenated alkanes) is 5. The van der Waals surface area contributed by atoms with Crippen LogP contribution in [-0.2, 0) is 9.46 Å². The summed E-state index contributed by atoms with van der Waals surface area (Å²) in [6, 6.07) is 3.47. The lowest BCUT2D eigenvalue weighted by atomic mass is 10.1. The average molecular weight is 289 g/mol. The molecule has 0 fully saturated rings. The second kappa shape index (κ2) is 11.9. The largest absolute Gasteiger partial charge is 0.286 e. The lowest BCUT2D eigenvalue weighted by Gasteiger charge is -2.27. The van der Waals surface area contributed by atoms with Crippen LogP contribution >= 0.6 is 0 Å². The predicted octanol–water partition coefficient (Wildman–Crippen LogP) is 6.08. The highest BCUT2D eigenvalue weighted by atomic mass is 28.4. The summed E-state index contributed by atoms with van der Waals surface area (Å²) in [5.74, 6) is 0. The van der Waals surface area contributed by atoms with E-state index in [0.29, 0.717) is 0 Å². The second-order valence-electron chi connectivity index (χ2n) is 5.79. The standard InChI is InChI=1S/C16H36O2Si/c1-6-10-11-12-13-14-15-16(5)17-18-19(7-2,8-3)9-4/h16H,6-15H2,1-5H3. The summed E-state index contributed by atoms with van der Waals surface area (Å²) >= 11 is 0. The molecular weight excluding hydrogens is 252 g/mol. The van der Waals surface area contributed by atoms with Crippen molar-refractivity contribution in [3.63, 3.8) is 0 Å². The molecule has 3 heteroatoms. The Bertz CT molecular complexity index is 185. The molecule has 0 bridgehead atoms. The predicted molar refractivity (Wildman–Crippen MR) is 86.8 cm³/mol. The minimum atomic E-state index is -1.57. The molecule has 0 aromatic carbocycles. The SMILES string of the molecule is CCCCCCCCC(C)OO[Si](CC)(CC)CC. The molecule has 2 nitrogen and oxygen atoms in total. The number of rotatable bonds is 13. The van der Waals surface area contributed by atoms with Crippen LogP contribution in [0.25, 0.3) is 0 Å². The highest BCUT2D eigenvalue weighted by Gasteiger charge is 2.31. The van der Waals surface area contributed by atoms with Gasteiger partial charge in [-0.15, -0.1) is 0 Å². The molecule has 1 atom stereocenters. The van der Waals surface area contributed by atoms with Crippen molar-refractivity contribution in [3.05, 3.63) is 0 Å². The van der Waals surface area contributed by atoms with Gasteiger partial charge < -0.3 is 0 Å². The Kier molecular flexibility index (Phi) is 12.0. The molecule has 0 aliphatic rings. The molecule has 1 unspecified atom stereocenters. The second-order valence-corrected chi connectivity index (χ2v) is 10.4. The zero-order valence-electron chi connectivity index (χ0n) is 14.0. The van der Waals surface area contributed by atoms with Crippen molar-refractivity contribution in [2.24, 2.45) is 0 Å². The molecule has 0 saturated heterocycles. The summed E-state index contributed by atoms with van der Waals surface area (Å²) in [6.07, 6.45) is 9.46. The van der Waals surface area contributed by atoms with Gasteiger partial charge in [0.2, 0.25) is 8.32 Å². The fourth-order valence-corrected chi connectivity index (χ4v) is 4.59. The smallest absolute Gasteiger partial charge is 0.238 e. The normalized spacial score (nSPS) is 13.7. The van der Waals surface area contributed by atoms with Crippen molar-refractivity contribution in [1.82, 2.24) is 0 Å².